The van der Waals surface area contributed by atoms with Crippen LogP contribution >= 0.6 is 23.2 Å². The molecule has 1 aromatic heterocycles. The molecule has 1 aliphatic heterocycles. The lowest BCUT2D eigenvalue weighted by Gasteiger charge is -2.11. The molecule has 0 fully saturated rings. The lowest BCUT2D eigenvalue weighted by atomic mass is 10.1. The molecule has 0 N–H and O–H groups in total. The van der Waals surface area contributed by atoms with E-state index in [1.807, 2.05) is 6.92 Å². The Labute approximate surface area is 131 Å². The first kappa shape index (κ1) is 14.4. The van der Waals surface area contributed by atoms with Gasteiger partial charge in [0.1, 0.15) is 0 Å². The van der Waals surface area contributed by atoms with Gasteiger partial charge in [-0.3, -0.25) is 9.36 Å². The summed E-state index contributed by atoms with van der Waals surface area (Å²) < 4.78 is 1.49. The summed E-state index contributed by atoms with van der Waals surface area (Å²) in [4.78, 5) is 22.1. The van der Waals surface area contributed by atoms with E-state index < -0.39 is 0 Å². The van der Waals surface area contributed by atoms with Crippen LogP contribution in [0.15, 0.2) is 28.4 Å². The van der Waals surface area contributed by atoms with Gasteiger partial charge in [-0.2, -0.15) is 0 Å². The van der Waals surface area contributed by atoms with Crippen LogP contribution in [0.2, 0.25) is 10.0 Å². The minimum Gasteiger partial charge on any atom is -0.390 e. The highest BCUT2D eigenvalue weighted by Crippen LogP contribution is 2.25. The zero-order valence-electron chi connectivity index (χ0n) is 11.3. The van der Waals surface area contributed by atoms with Gasteiger partial charge in [0.2, 0.25) is 0 Å². The number of hydrogen-bond acceptors (Lipinski definition) is 4. The van der Waals surface area contributed by atoms with Crippen molar-refractivity contribution in [2.75, 3.05) is 0 Å². The molecule has 3 rings (SSSR count). The van der Waals surface area contributed by atoms with Crippen molar-refractivity contribution in [3.8, 4) is 0 Å². The smallest absolute Gasteiger partial charge is 0.262 e. The summed E-state index contributed by atoms with van der Waals surface area (Å²) in [6.45, 7) is 2.41. The molecule has 0 radical (unpaired) electrons. The van der Waals surface area contributed by atoms with Crippen molar-refractivity contribution >= 4 is 39.8 Å². The van der Waals surface area contributed by atoms with Gasteiger partial charge in [-0.15, -0.1) is 0 Å². The first-order valence-electron chi connectivity index (χ1n) is 6.65. The highest BCUT2D eigenvalue weighted by Gasteiger charge is 2.21. The predicted molar refractivity (Wildman–Crippen MR) is 83.2 cm³/mol. The zero-order valence-corrected chi connectivity index (χ0v) is 12.9. The molecule has 7 heteroatoms. The fraction of sp³-hybridized carbons (Fsp3) is 0.357. The third-order valence-corrected chi connectivity index (χ3v) is 4.10. The maximum Gasteiger partial charge on any atom is 0.262 e. The molecule has 21 heavy (non-hydrogen) atoms. The van der Waals surface area contributed by atoms with Crippen LogP contribution in [0.4, 0.5) is 0 Å². The number of halogens is 2. The van der Waals surface area contributed by atoms with Crippen LogP contribution in [0.3, 0.4) is 0 Å². The molecule has 0 aliphatic carbocycles. The van der Waals surface area contributed by atoms with Crippen LogP contribution in [-0.2, 0) is 11.4 Å². The van der Waals surface area contributed by atoms with E-state index in [0.29, 0.717) is 27.5 Å². The van der Waals surface area contributed by atoms with Crippen LogP contribution in [0, 0.1) is 0 Å². The van der Waals surface area contributed by atoms with Crippen molar-refractivity contribution in [3.63, 3.8) is 0 Å². The van der Waals surface area contributed by atoms with Gasteiger partial charge in [0.15, 0.2) is 6.10 Å². The van der Waals surface area contributed by atoms with Crippen molar-refractivity contribution in [2.24, 2.45) is 5.16 Å². The van der Waals surface area contributed by atoms with Crippen LogP contribution in [0.1, 0.15) is 19.8 Å². The van der Waals surface area contributed by atoms with Gasteiger partial charge in [0.25, 0.3) is 5.56 Å². The Bertz CT molecular complexity index is 786. The van der Waals surface area contributed by atoms with E-state index in [0.717, 1.165) is 18.6 Å². The molecule has 2 aromatic rings. The maximum atomic E-state index is 12.5. The van der Waals surface area contributed by atoms with Crippen molar-refractivity contribution in [1.82, 2.24) is 9.55 Å². The zero-order chi connectivity index (χ0) is 15.0. The van der Waals surface area contributed by atoms with Gasteiger partial charge >= 0.3 is 0 Å². The standard InChI is InChI=1S/C14H13Cl2N3O2/c1-2-8-5-9(21-18-8)6-19-7-17-13-11(16)4-3-10(15)12(13)14(19)20/h3-4,7,9H,2,5-6H2,1H3/t9-/m0/s1. The maximum absolute atomic E-state index is 12.5. The summed E-state index contributed by atoms with van der Waals surface area (Å²) in [5.74, 6) is 0. The molecule has 0 saturated carbocycles. The second kappa shape index (κ2) is 5.66. The third-order valence-electron chi connectivity index (χ3n) is 3.48. The highest BCUT2D eigenvalue weighted by atomic mass is 35.5. The molecule has 5 nitrogen and oxygen atoms in total. The summed E-state index contributed by atoms with van der Waals surface area (Å²) in [5.41, 5.74) is 1.20. The van der Waals surface area contributed by atoms with Crippen molar-refractivity contribution in [1.29, 1.82) is 0 Å². The Balaban J connectivity index is 1.96. The van der Waals surface area contributed by atoms with Crippen LogP contribution < -0.4 is 5.56 Å². The molecule has 2 heterocycles. The van der Waals surface area contributed by atoms with E-state index in [2.05, 4.69) is 10.1 Å². The number of benzene rings is 1. The van der Waals surface area contributed by atoms with E-state index in [1.54, 1.807) is 12.1 Å². The normalized spacial score (nSPS) is 17.9. The quantitative estimate of drug-likeness (QED) is 0.870. The SMILES string of the molecule is CCC1=NO[C@H](Cn2cnc3c(Cl)ccc(Cl)c3c2=O)C1. The first-order valence-corrected chi connectivity index (χ1v) is 7.40. The Morgan fingerprint density at radius 3 is 2.86 bits per heavy atom. The molecule has 110 valence electrons. The lowest BCUT2D eigenvalue weighted by molar-refractivity contribution is 0.0716. The van der Waals surface area contributed by atoms with Gasteiger partial charge in [-0.1, -0.05) is 35.3 Å². The topological polar surface area (TPSA) is 56.5 Å². The van der Waals surface area contributed by atoms with Crippen LogP contribution in [0.5, 0.6) is 0 Å². The fourth-order valence-corrected chi connectivity index (χ4v) is 2.78. The molecule has 0 unspecified atom stereocenters. The Kier molecular flexibility index (Phi) is 3.87. The Hall–Kier alpha value is -1.59. The first-order chi connectivity index (χ1) is 10.1. The van der Waals surface area contributed by atoms with Crippen molar-refractivity contribution in [2.45, 2.75) is 32.4 Å². The van der Waals surface area contributed by atoms with Gasteiger partial charge in [-0.25, -0.2) is 4.98 Å². The molecule has 1 aromatic carbocycles. The monoisotopic (exact) mass is 325 g/mol. The number of hydrogen-bond donors (Lipinski definition) is 0. The highest BCUT2D eigenvalue weighted by molar-refractivity contribution is 6.39. The summed E-state index contributed by atoms with van der Waals surface area (Å²) in [6, 6.07) is 3.23. The van der Waals surface area contributed by atoms with E-state index in [4.69, 9.17) is 28.0 Å². The minimum absolute atomic E-state index is 0.144. The third kappa shape index (κ3) is 2.63. The lowest BCUT2D eigenvalue weighted by Crippen LogP contribution is -2.27. The van der Waals surface area contributed by atoms with Gasteiger partial charge in [0.05, 0.1) is 39.5 Å². The number of fused-ring (bicyclic) bond motifs is 1. The summed E-state index contributed by atoms with van der Waals surface area (Å²) in [7, 11) is 0. The second-order valence-corrected chi connectivity index (χ2v) is 5.71. The number of nitrogens with zero attached hydrogens (tertiary/aromatic N) is 3. The summed E-state index contributed by atoms with van der Waals surface area (Å²) in [5, 5.41) is 5.08. The Morgan fingerprint density at radius 2 is 2.14 bits per heavy atom. The van der Waals surface area contributed by atoms with Crippen molar-refractivity contribution in [3.05, 3.63) is 38.9 Å². The van der Waals surface area contributed by atoms with E-state index in [-0.39, 0.29) is 11.7 Å². The Morgan fingerprint density at radius 1 is 1.38 bits per heavy atom. The molecule has 0 amide bonds. The molecule has 0 spiro atoms. The number of rotatable bonds is 3. The fourth-order valence-electron chi connectivity index (χ4n) is 2.34. The summed E-state index contributed by atoms with van der Waals surface area (Å²) in [6.07, 6.45) is 2.91. The molecular formula is C14H13Cl2N3O2. The van der Waals surface area contributed by atoms with Gasteiger partial charge in [0, 0.05) is 6.42 Å². The average Bonchev–Trinajstić information content (AvgIpc) is 2.93. The molecule has 1 aliphatic rings. The summed E-state index contributed by atoms with van der Waals surface area (Å²) >= 11 is 12.2. The molecule has 0 bridgehead atoms. The second-order valence-electron chi connectivity index (χ2n) is 4.90. The number of oxime groups is 1. The van der Waals surface area contributed by atoms with Crippen LogP contribution in [-0.4, -0.2) is 21.4 Å². The minimum atomic E-state index is -0.221. The average molecular weight is 326 g/mol. The number of aromatic nitrogens is 2. The molecular weight excluding hydrogens is 313 g/mol. The van der Waals surface area contributed by atoms with E-state index in [1.165, 1.54) is 10.9 Å². The van der Waals surface area contributed by atoms with Gasteiger partial charge < -0.3 is 4.84 Å². The molecule has 1 atom stereocenters. The van der Waals surface area contributed by atoms with E-state index in [9.17, 15) is 4.79 Å². The molecule has 0 saturated heterocycles. The largest absolute Gasteiger partial charge is 0.390 e. The van der Waals surface area contributed by atoms with Crippen molar-refractivity contribution < 1.29 is 4.84 Å². The van der Waals surface area contributed by atoms with E-state index >= 15 is 0 Å². The van der Waals surface area contributed by atoms with Gasteiger partial charge in [-0.05, 0) is 18.6 Å². The predicted octanol–water partition coefficient (Wildman–Crippen LogP) is 3.26. The van der Waals surface area contributed by atoms with Crippen LogP contribution in [0.25, 0.3) is 10.9 Å².